The normalized spacial score (nSPS) is 14.2. The maximum Gasteiger partial charge on any atom is 0.264 e. The first-order valence-corrected chi connectivity index (χ1v) is 10.0. The Morgan fingerprint density at radius 3 is 2.89 bits per heavy atom. The van der Waals surface area contributed by atoms with Gasteiger partial charge in [0.15, 0.2) is 0 Å². The van der Waals surface area contributed by atoms with Crippen LogP contribution in [0.4, 0.5) is 0 Å². The molecule has 1 aliphatic heterocycles. The van der Waals surface area contributed by atoms with E-state index in [1.165, 1.54) is 11.3 Å². The predicted molar refractivity (Wildman–Crippen MR) is 105 cm³/mol. The van der Waals surface area contributed by atoms with Gasteiger partial charge in [-0.2, -0.15) is 5.10 Å². The summed E-state index contributed by atoms with van der Waals surface area (Å²) in [5.41, 5.74) is 1.71. The Hall–Kier alpha value is -2.48. The zero-order valence-electron chi connectivity index (χ0n) is 15.9. The predicted octanol–water partition coefficient (Wildman–Crippen LogP) is 2.50. The fraction of sp³-hybridized carbons (Fsp3) is 0.474. The Morgan fingerprint density at radius 2 is 2.15 bits per heavy atom. The maximum atomic E-state index is 13.0. The van der Waals surface area contributed by atoms with E-state index in [4.69, 9.17) is 4.98 Å². The van der Waals surface area contributed by atoms with E-state index in [2.05, 4.69) is 5.10 Å². The highest BCUT2D eigenvalue weighted by Crippen LogP contribution is 2.29. The van der Waals surface area contributed by atoms with E-state index >= 15 is 0 Å². The number of nitrogens with zero attached hydrogens (tertiary/aromatic N) is 5. The Kier molecular flexibility index (Phi) is 4.59. The van der Waals surface area contributed by atoms with Gasteiger partial charge in [-0.05, 0) is 25.3 Å². The lowest BCUT2D eigenvalue weighted by atomic mass is 10.2. The van der Waals surface area contributed by atoms with Gasteiger partial charge in [-0.1, -0.05) is 6.42 Å². The number of fused-ring (bicyclic) bond motifs is 2. The van der Waals surface area contributed by atoms with Gasteiger partial charge in [-0.25, -0.2) is 4.98 Å². The average Bonchev–Trinajstić information content (AvgIpc) is 3.08. The molecule has 3 aromatic rings. The molecular weight excluding hydrogens is 362 g/mol. The molecule has 0 unspecified atom stereocenters. The van der Waals surface area contributed by atoms with E-state index in [1.807, 2.05) is 24.7 Å². The fourth-order valence-corrected chi connectivity index (χ4v) is 4.87. The van der Waals surface area contributed by atoms with Gasteiger partial charge < -0.3 is 4.90 Å². The molecule has 1 aliphatic rings. The summed E-state index contributed by atoms with van der Waals surface area (Å²) in [6.45, 7) is 3.05. The SMILES string of the molecule is Cc1c(C(=O)N(C)Cc2cnn(C)c2)sc2nc3n(c(=O)c12)CCCCC3. The first-order valence-electron chi connectivity index (χ1n) is 9.21. The summed E-state index contributed by atoms with van der Waals surface area (Å²) >= 11 is 1.33. The van der Waals surface area contributed by atoms with Gasteiger partial charge in [0.1, 0.15) is 10.7 Å². The largest absolute Gasteiger partial charge is 0.337 e. The molecule has 0 saturated heterocycles. The van der Waals surface area contributed by atoms with Crippen molar-refractivity contribution in [1.82, 2.24) is 24.2 Å². The molecular formula is C19H23N5O2S. The van der Waals surface area contributed by atoms with Crippen LogP contribution in [0.1, 0.15) is 45.9 Å². The molecule has 0 saturated carbocycles. The number of hydrogen-bond acceptors (Lipinski definition) is 5. The van der Waals surface area contributed by atoms with Crippen LogP contribution in [0.2, 0.25) is 0 Å². The van der Waals surface area contributed by atoms with Crippen molar-refractivity contribution in [3.8, 4) is 0 Å². The van der Waals surface area contributed by atoms with Gasteiger partial charge in [0.05, 0.1) is 16.5 Å². The summed E-state index contributed by atoms with van der Waals surface area (Å²) in [6.07, 6.45) is 7.66. The van der Waals surface area contributed by atoms with E-state index in [-0.39, 0.29) is 11.5 Å². The molecule has 0 aromatic carbocycles. The number of aromatic nitrogens is 4. The minimum atomic E-state index is -0.0843. The van der Waals surface area contributed by atoms with Gasteiger partial charge in [0, 0.05) is 45.4 Å². The Balaban J connectivity index is 1.72. The van der Waals surface area contributed by atoms with Crippen molar-refractivity contribution >= 4 is 27.5 Å². The van der Waals surface area contributed by atoms with E-state index in [0.29, 0.717) is 21.6 Å². The van der Waals surface area contributed by atoms with Crippen molar-refractivity contribution in [1.29, 1.82) is 0 Å². The smallest absolute Gasteiger partial charge is 0.264 e. The van der Waals surface area contributed by atoms with Crippen LogP contribution in [0.3, 0.4) is 0 Å². The van der Waals surface area contributed by atoms with Crippen molar-refractivity contribution in [2.45, 2.75) is 45.7 Å². The van der Waals surface area contributed by atoms with Crippen LogP contribution in [-0.2, 0) is 26.6 Å². The molecule has 3 aromatic heterocycles. The second-order valence-electron chi connectivity index (χ2n) is 7.22. The number of aryl methyl sites for hydroxylation is 3. The molecule has 1 amide bonds. The molecule has 4 rings (SSSR count). The minimum Gasteiger partial charge on any atom is -0.337 e. The van der Waals surface area contributed by atoms with Gasteiger partial charge in [-0.15, -0.1) is 11.3 Å². The monoisotopic (exact) mass is 385 g/mol. The molecule has 0 atom stereocenters. The summed E-state index contributed by atoms with van der Waals surface area (Å²) in [4.78, 5) is 33.7. The molecule has 0 fully saturated rings. The third-order valence-electron chi connectivity index (χ3n) is 5.13. The molecule has 0 radical (unpaired) electrons. The van der Waals surface area contributed by atoms with Crippen LogP contribution in [0.15, 0.2) is 17.2 Å². The van der Waals surface area contributed by atoms with E-state index in [0.717, 1.165) is 49.2 Å². The van der Waals surface area contributed by atoms with Crippen molar-refractivity contribution < 1.29 is 4.79 Å². The summed E-state index contributed by atoms with van der Waals surface area (Å²) in [6, 6.07) is 0. The number of amides is 1. The number of carbonyl (C=O) groups excluding carboxylic acids is 1. The lowest BCUT2D eigenvalue weighted by Crippen LogP contribution is -2.26. The fourth-order valence-electron chi connectivity index (χ4n) is 3.69. The van der Waals surface area contributed by atoms with Crippen LogP contribution in [-0.4, -0.2) is 37.2 Å². The molecule has 142 valence electrons. The Labute approximate surface area is 161 Å². The van der Waals surface area contributed by atoms with Crippen LogP contribution < -0.4 is 5.56 Å². The molecule has 0 N–H and O–H groups in total. The zero-order valence-corrected chi connectivity index (χ0v) is 16.7. The number of carbonyl (C=O) groups is 1. The Bertz CT molecular complexity index is 1080. The highest BCUT2D eigenvalue weighted by atomic mass is 32.1. The van der Waals surface area contributed by atoms with Crippen LogP contribution >= 0.6 is 11.3 Å². The van der Waals surface area contributed by atoms with Crippen LogP contribution in [0.25, 0.3) is 10.2 Å². The van der Waals surface area contributed by atoms with Crippen molar-refractivity contribution in [3.63, 3.8) is 0 Å². The quantitative estimate of drug-likeness (QED) is 0.694. The molecule has 4 heterocycles. The van der Waals surface area contributed by atoms with Crippen LogP contribution in [0.5, 0.6) is 0 Å². The third-order valence-corrected chi connectivity index (χ3v) is 6.30. The number of rotatable bonds is 3. The molecule has 0 bridgehead atoms. The van der Waals surface area contributed by atoms with Crippen LogP contribution in [0, 0.1) is 6.92 Å². The molecule has 7 nitrogen and oxygen atoms in total. The summed E-state index contributed by atoms with van der Waals surface area (Å²) < 4.78 is 3.53. The van der Waals surface area contributed by atoms with Crippen molar-refractivity contribution in [3.05, 3.63) is 44.6 Å². The third kappa shape index (κ3) is 3.18. The number of hydrogen-bond donors (Lipinski definition) is 0. The average molecular weight is 385 g/mol. The topological polar surface area (TPSA) is 73.0 Å². The zero-order chi connectivity index (χ0) is 19.1. The molecule has 8 heteroatoms. The number of thiophene rings is 1. The van der Waals surface area contributed by atoms with Gasteiger partial charge >= 0.3 is 0 Å². The first-order chi connectivity index (χ1) is 13.0. The second-order valence-corrected chi connectivity index (χ2v) is 8.21. The van der Waals surface area contributed by atoms with Gasteiger partial charge in [0.25, 0.3) is 11.5 Å². The molecule has 27 heavy (non-hydrogen) atoms. The summed E-state index contributed by atoms with van der Waals surface area (Å²) in [7, 11) is 3.62. The summed E-state index contributed by atoms with van der Waals surface area (Å²) in [5.74, 6) is 0.771. The van der Waals surface area contributed by atoms with E-state index in [9.17, 15) is 9.59 Å². The lowest BCUT2D eigenvalue weighted by Gasteiger charge is -2.15. The van der Waals surface area contributed by atoms with Gasteiger partial charge in [-0.3, -0.25) is 18.8 Å². The van der Waals surface area contributed by atoms with E-state index in [1.54, 1.807) is 22.8 Å². The molecule has 0 spiro atoms. The van der Waals surface area contributed by atoms with Crippen molar-refractivity contribution in [2.75, 3.05) is 7.05 Å². The standard InChI is InChI=1S/C19H23N5O2S/c1-12-15-17(21-14-7-5-4-6-8-24(14)18(15)25)27-16(12)19(26)22(2)10-13-9-20-23(3)11-13/h9,11H,4-8,10H2,1-3H3. The maximum absolute atomic E-state index is 13.0. The molecule has 0 aliphatic carbocycles. The first kappa shape index (κ1) is 17.9. The summed E-state index contributed by atoms with van der Waals surface area (Å²) in [5, 5.41) is 4.75. The highest BCUT2D eigenvalue weighted by Gasteiger charge is 2.24. The van der Waals surface area contributed by atoms with E-state index < -0.39 is 0 Å². The lowest BCUT2D eigenvalue weighted by molar-refractivity contribution is 0.0789. The Morgan fingerprint density at radius 1 is 1.33 bits per heavy atom. The van der Waals surface area contributed by atoms with Gasteiger partial charge in [0.2, 0.25) is 0 Å². The second kappa shape index (κ2) is 6.92. The minimum absolute atomic E-state index is 0.000359. The van der Waals surface area contributed by atoms with Crippen molar-refractivity contribution in [2.24, 2.45) is 7.05 Å². The highest BCUT2D eigenvalue weighted by molar-refractivity contribution is 7.20.